The van der Waals surface area contributed by atoms with Crippen molar-refractivity contribution in [2.24, 2.45) is 5.73 Å². The molecule has 1 aliphatic heterocycles. The molecule has 5 nitrogen and oxygen atoms in total. The van der Waals surface area contributed by atoms with Gasteiger partial charge in [-0.25, -0.2) is 0 Å². The van der Waals surface area contributed by atoms with Gasteiger partial charge in [0.05, 0.1) is 0 Å². The second kappa shape index (κ2) is 5.35. The van der Waals surface area contributed by atoms with E-state index >= 15 is 0 Å². The molecule has 1 aromatic heterocycles. The van der Waals surface area contributed by atoms with Gasteiger partial charge in [0.25, 0.3) is 0 Å². The highest BCUT2D eigenvalue weighted by Gasteiger charge is 2.38. The predicted octanol–water partition coefficient (Wildman–Crippen LogP) is 2.34. The van der Waals surface area contributed by atoms with E-state index in [0.29, 0.717) is 6.04 Å². The third-order valence-corrected chi connectivity index (χ3v) is 5.52. The number of rotatable bonds is 3. The van der Waals surface area contributed by atoms with Gasteiger partial charge < -0.3 is 10.6 Å². The first-order valence-electron chi connectivity index (χ1n) is 8.11. The number of aromatic nitrogens is 3. The minimum Gasteiger partial charge on any atom is -0.335 e. The van der Waals surface area contributed by atoms with E-state index in [1.807, 2.05) is 0 Å². The maximum atomic E-state index is 6.18. The van der Waals surface area contributed by atoms with E-state index in [-0.39, 0.29) is 11.5 Å². The Kier molecular flexibility index (Phi) is 3.71. The summed E-state index contributed by atoms with van der Waals surface area (Å²) in [6.45, 7) is 5.48. The lowest BCUT2D eigenvalue weighted by molar-refractivity contribution is 0.398. The van der Waals surface area contributed by atoms with Crippen LogP contribution in [0.1, 0.15) is 64.6 Å². The Morgan fingerprint density at radius 3 is 2.80 bits per heavy atom. The Bertz CT molecular complexity index is 449. The van der Waals surface area contributed by atoms with Crippen molar-refractivity contribution < 1.29 is 0 Å². The van der Waals surface area contributed by atoms with Gasteiger partial charge in [-0.15, -0.1) is 5.10 Å². The van der Waals surface area contributed by atoms with Gasteiger partial charge in [-0.05, 0) is 39.0 Å². The Morgan fingerprint density at radius 1 is 1.35 bits per heavy atom. The van der Waals surface area contributed by atoms with Gasteiger partial charge in [0, 0.05) is 24.0 Å². The summed E-state index contributed by atoms with van der Waals surface area (Å²) in [6.07, 6.45) is 8.50. The van der Waals surface area contributed by atoms with E-state index in [1.165, 1.54) is 25.7 Å². The van der Waals surface area contributed by atoms with Crippen molar-refractivity contribution in [1.82, 2.24) is 15.2 Å². The van der Waals surface area contributed by atoms with E-state index in [9.17, 15) is 0 Å². The summed E-state index contributed by atoms with van der Waals surface area (Å²) >= 11 is 0. The molecule has 3 N–H and O–H groups in total. The number of hydrogen-bond acceptors (Lipinski definition) is 4. The van der Waals surface area contributed by atoms with Crippen LogP contribution in [0.3, 0.4) is 0 Å². The lowest BCUT2D eigenvalue weighted by atomic mass is 9.83. The summed E-state index contributed by atoms with van der Waals surface area (Å²) in [5.74, 6) is 1.95. The van der Waals surface area contributed by atoms with Crippen LogP contribution in [-0.2, 0) is 5.41 Å². The molecular weight excluding hydrogens is 250 g/mol. The van der Waals surface area contributed by atoms with Gasteiger partial charge in [-0.2, -0.15) is 4.98 Å². The van der Waals surface area contributed by atoms with Crippen molar-refractivity contribution in [2.75, 3.05) is 11.4 Å². The van der Waals surface area contributed by atoms with Crippen molar-refractivity contribution in [3.05, 3.63) is 5.82 Å². The van der Waals surface area contributed by atoms with Crippen LogP contribution in [0.15, 0.2) is 0 Å². The molecule has 2 atom stereocenters. The number of hydrogen-bond donors (Lipinski definition) is 2. The van der Waals surface area contributed by atoms with Crippen molar-refractivity contribution >= 4 is 5.95 Å². The molecule has 1 aromatic rings. The molecule has 0 spiro atoms. The maximum absolute atomic E-state index is 6.18. The first-order valence-corrected chi connectivity index (χ1v) is 8.11. The van der Waals surface area contributed by atoms with Crippen molar-refractivity contribution in [3.8, 4) is 0 Å². The second-order valence-electron chi connectivity index (χ2n) is 6.57. The van der Waals surface area contributed by atoms with Crippen LogP contribution < -0.4 is 10.6 Å². The molecular formula is C15H27N5. The number of nitrogens with one attached hydrogen (secondary N) is 1. The lowest BCUT2D eigenvalue weighted by Crippen LogP contribution is -2.51. The standard InChI is InChI=1S/C15H27N5/c1-3-15(8-4-5-9-15)13-17-14(19-18-13)20-10-6-7-12(16)11(20)2/h11-12H,3-10,16H2,1-2H3,(H,17,18,19). The fourth-order valence-corrected chi connectivity index (χ4v) is 3.88. The average Bonchev–Trinajstić information content (AvgIpc) is 3.10. The first-order chi connectivity index (χ1) is 9.66. The van der Waals surface area contributed by atoms with Gasteiger partial charge in [-0.1, -0.05) is 19.8 Å². The monoisotopic (exact) mass is 277 g/mol. The van der Waals surface area contributed by atoms with Crippen LogP contribution in [0.5, 0.6) is 0 Å². The van der Waals surface area contributed by atoms with E-state index in [1.54, 1.807) is 0 Å². The molecule has 0 amide bonds. The quantitative estimate of drug-likeness (QED) is 0.889. The molecule has 2 unspecified atom stereocenters. The zero-order valence-corrected chi connectivity index (χ0v) is 12.7. The minimum absolute atomic E-state index is 0.234. The maximum Gasteiger partial charge on any atom is 0.245 e. The lowest BCUT2D eigenvalue weighted by Gasteiger charge is -2.36. The van der Waals surface area contributed by atoms with Gasteiger partial charge >= 0.3 is 0 Å². The van der Waals surface area contributed by atoms with E-state index in [4.69, 9.17) is 10.7 Å². The highest BCUT2D eigenvalue weighted by molar-refractivity contribution is 5.33. The molecule has 0 radical (unpaired) electrons. The van der Waals surface area contributed by atoms with Crippen molar-refractivity contribution in [1.29, 1.82) is 0 Å². The molecule has 2 fully saturated rings. The van der Waals surface area contributed by atoms with Crippen LogP contribution in [0.4, 0.5) is 5.95 Å². The Balaban J connectivity index is 1.83. The van der Waals surface area contributed by atoms with Crippen molar-refractivity contribution in [2.45, 2.75) is 76.3 Å². The number of aromatic amines is 1. The summed E-state index contributed by atoms with van der Waals surface area (Å²) in [6, 6.07) is 0.561. The molecule has 20 heavy (non-hydrogen) atoms. The van der Waals surface area contributed by atoms with E-state index < -0.39 is 0 Å². The smallest absolute Gasteiger partial charge is 0.245 e. The second-order valence-corrected chi connectivity index (χ2v) is 6.57. The van der Waals surface area contributed by atoms with Crippen molar-refractivity contribution in [3.63, 3.8) is 0 Å². The number of anilines is 1. The first kappa shape index (κ1) is 13.9. The highest BCUT2D eigenvalue weighted by atomic mass is 15.4. The van der Waals surface area contributed by atoms with Crippen LogP contribution in [0.25, 0.3) is 0 Å². The summed E-state index contributed by atoms with van der Waals surface area (Å²) in [5, 5.41) is 7.73. The molecule has 2 heterocycles. The third-order valence-electron chi connectivity index (χ3n) is 5.52. The third kappa shape index (κ3) is 2.22. The summed E-state index contributed by atoms with van der Waals surface area (Å²) < 4.78 is 0. The number of nitrogens with two attached hydrogens (primary N) is 1. The van der Waals surface area contributed by atoms with Crippen LogP contribution in [0, 0.1) is 0 Å². The largest absolute Gasteiger partial charge is 0.335 e. The molecule has 0 bridgehead atoms. The summed E-state index contributed by atoms with van der Waals surface area (Å²) in [5.41, 5.74) is 6.42. The van der Waals surface area contributed by atoms with E-state index in [0.717, 1.165) is 37.6 Å². The average molecular weight is 277 g/mol. The number of H-pyrrole nitrogens is 1. The molecule has 112 valence electrons. The van der Waals surface area contributed by atoms with Crippen LogP contribution in [0.2, 0.25) is 0 Å². The zero-order valence-electron chi connectivity index (χ0n) is 12.7. The summed E-state index contributed by atoms with van der Waals surface area (Å²) in [7, 11) is 0. The van der Waals surface area contributed by atoms with Gasteiger partial charge in [0.1, 0.15) is 5.82 Å². The Morgan fingerprint density at radius 2 is 2.10 bits per heavy atom. The number of piperidine rings is 1. The highest BCUT2D eigenvalue weighted by Crippen LogP contribution is 2.42. The predicted molar refractivity (Wildman–Crippen MR) is 80.8 cm³/mol. The fourth-order valence-electron chi connectivity index (χ4n) is 3.88. The van der Waals surface area contributed by atoms with Gasteiger partial charge in [0.2, 0.25) is 5.95 Å². The van der Waals surface area contributed by atoms with Crippen LogP contribution >= 0.6 is 0 Å². The molecule has 3 rings (SSSR count). The topological polar surface area (TPSA) is 70.8 Å². The van der Waals surface area contributed by atoms with Crippen LogP contribution in [-0.4, -0.2) is 33.8 Å². The molecule has 2 aliphatic rings. The molecule has 0 aromatic carbocycles. The molecule has 5 heteroatoms. The molecule has 1 saturated heterocycles. The molecule has 1 aliphatic carbocycles. The van der Waals surface area contributed by atoms with E-state index in [2.05, 4.69) is 28.9 Å². The zero-order chi connectivity index (χ0) is 14.2. The Hall–Kier alpha value is -1.10. The fraction of sp³-hybridized carbons (Fsp3) is 0.867. The summed E-state index contributed by atoms with van der Waals surface area (Å²) in [4.78, 5) is 7.12. The Labute approximate surface area is 121 Å². The normalized spacial score (nSPS) is 29.9. The number of nitrogens with zero attached hydrogens (tertiary/aromatic N) is 3. The van der Waals surface area contributed by atoms with Gasteiger partial charge in [-0.3, -0.25) is 5.10 Å². The van der Waals surface area contributed by atoms with Gasteiger partial charge in [0.15, 0.2) is 0 Å². The molecule has 1 saturated carbocycles. The minimum atomic E-state index is 0.234. The SMILES string of the molecule is CCC1(c2nc(N3CCCC(N)C3C)n[nH]2)CCCC1.